The summed E-state index contributed by atoms with van der Waals surface area (Å²) in [7, 11) is 0. The zero-order valence-corrected chi connectivity index (χ0v) is 14.4. The van der Waals surface area contributed by atoms with Crippen molar-refractivity contribution in [1.29, 1.82) is 0 Å². The number of anilines is 1. The minimum Gasteiger partial charge on any atom is -0.394 e. The molecule has 8 heteroatoms. The highest BCUT2D eigenvalue weighted by atomic mass is 32.1. The van der Waals surface area contributed by atoms with Crippen molar-refractivity contribution in [3.05, 3.63) is 69.8 Å². The van der Waals surface area contributed by atoms with Gasteiger partial charge in [0, 0.05) is 17.8 Å². The summed E-state index contributed by atoms with van der Waals surface area (Å²) in [5.74, 6) is 0. The molecule has 0 saturated carbocycles. The summed E-state index contributed by atoms with van der Waals surface area (Å²) >= 11 is 5.20. The number of nitro groups is 1. The summed E-state index contributed by atoms with van der Waals surface area (Å²) in [6.07, 6.45) is -1.08. The minimum absolute atomic E-state index is 0.0685. The number of hydrogen-bond acceptors (Lipinski definition) is 5. The highest BCUT2D eigenvalue weighted by molar-refractivity contribution is 7.80. The number of thiocarbonyl (C=S) groups is 1. The zero-order chi connectivity index (χ0) is 18.4. The number of nitrogens with zero attached hydrogens (tertiary/aromatic N) is 1. The van der Waals surface area contributed by atoms with Crippen molar-refractivity contribution in [3.63, 3.8) is 0 Å². The van der Waals surface area contributed by atoms with Crippen molar-refractivity contribution in [3.8, 4) is 0 Å². The molecule has 2 aromatic rings. The van der Waals surface area contributed by atoms with E-state index in [1.54, 1.807) is 0 Å². The molecule has 0 amide bonds. The molecule has 4 N–H and O–H groups in total. The molecule has 2 atom stereocenters. The average molecular weight is 361 g/mol. The number of nitrogens with one attached hydrogen (secondary N) is 2. The van der Waals surface area contributed by atoms with E-state index in [0.717, 1.165) is 11.3 Å². The summed E-state index contributed by atoms with van der Waals surface area (Å²) in [6.45, 7) is 1.61. The van der Waals surface area contributed by atoms with Gasteiger partial charge in [0.1, 0.15) is 6.10 Å². The fourth-order valence-electron chi connectivity index (χ4n) is 2.22. The highest BCUT2D eigenvalue weighted by Gasteiger charge is 2.21. The van der Waals surface area contributed by atoms with E-state index in [1.807, 2.05) is 31.2 Å². The average Bonchev–Trinajstić information content (AvgIpc) is 2.61. The predicted octanol–water partition coefficient (Wildman–Crippen LogP) is 2.28. The number of aliphatic hydroxyl groups excluding tert-OH is 2. The van der Waals surface area contributed by atoms with Crippen molar-refractivity contribution in [2.45, 2.75) is 19.1 Å². The summed E-state index contributed by atoms with van der Waals surface area (Å²) in [4.78, 5) is 10.2. The van der Waals surface area contributed by atoms with Crippen LogP contribution in [0.2, 0.25) is 0 Å². The molecule has 0 spiro atoms. The maximum absolute atomic E-state index is 10.7. The van der Waals surface area contributed by atoms with Crippen molar-refractivity contribution < 1.29 is 15.1 Å². The van der Waals surface area contributed by atoms with E-state index in [-0.39, 0.29) is 17.4 Å². The molecule has 25 heavy (non-hydrogen) atoms. The SMILES string of the molecule is Cc1ccc(NC(=S)N[C@@H](CO)[C@@H](O)c2ccc([N+](=O)[O-])cc2)cc1. The van der Waals surface area contributed by atoms with Crippen molar-refractivity contribution in [1.82, 2.24) is 5.32 Å². The van der Waals surface area contributed by atoms with Gasteiger partial charge in [-0.3, -0.25) is 10.1 Å². The Balaban J connectivity index is 2.01. The number of nitro benzene ring substituents is 1. The Morgan fingerprint density at radius 3 is 2.32 bits per heavy atom. The lowest BCUT2D eigenvalue weighted by molar-refractivity contribution is -0.384. The van der Waals surface area contributed by atoms with Gasteiger partial charge in [-0.2, -0.15) is 0 Å². The standard InChI is InChI=1S/C17H19N3O4S/c1-11-2-6-13(7-3-11)18-17(25)19-15(10-21)16(22)12-4-8-14(9-5-12)20(23)24/h2-9,15-16,21-22H,10H2,1H3,(H2,18,19,25)/t15-,16-/m0/s1. The Kier molecular flexibility index (Phi) is 6.40. The van der Waals surface area contributed by atoms with Crippen LogP contribution in [0.5, 0.6) is 0 Å². The van der Waals surface area contributed by atoms with E-state index in [4.69, 9.17) is 12.2 Å². The zero-order valence-electron chi connectivity index (χ0n) is 13.5. The highest BCUT2D eigenvalue weighted by Crippen LogP contribution is 2.20. The molecule has 0 heterocycles. The van der Waals surface area contributed by atoms with Crippen LogP contribution >= 0.6 is 12.2 Å². The van der Waals surface area contributed by atoms with Gasteiger partial charge in [-0.05, 0) is 49.0 Å². The van der Waals surface area contributed by atoms with Gasteiger partial charge in [-0.1, -0.05) is 17.7 Å². The lowest BCUT2D eigenvalue weighted by Gasteiger charge is -2.24. The van der Waals surface area contributed by atoms with Gasteiger partial charge < -0.3 is 20.8 Å². The molecule has 132 valence electrons. The maximum Gasteiger partial charge on any atom is 0.269 e. The van der Waals surface area contributed by atoms with Crippen LogP contribution in [-0.4, -0.2) is 32.9 Å². The fraction of sp³-hybridized carbons (Fsp3) is 0.235. The largest absolute Gasteiger partial charge is 0.394 e. The lowest BCUT2D eigenvalue weighted by atomic mass is 10.0. The molecule has 0 aliphatic rings. The second-order valence-electron chi connectivity index (χ2n) is 5.55. The molecule has 0 saturated heterocycles. The molecule has 2 aromatic carbocycles. The van der Waals surface area contributed by atoms with Crippen LogP contribution in [0.15, 0.2) is 48.5 Å². The van der Waals surface area contributed by atoms with Crippen LogP contribution in [0, 0.1) is 17.0 Å². The van der Waals surface area contributed by atoms with E-state index in [2.05, 4.69) is 10.6 Å². The molecule has 0 aromatic heterocycles. The Bertz CT molecular complexity index is 735. The number of non-ortho nitro benzene ring substituents is 1. The molecular formula is C17H19N3O4S. The van der Waals surface area contributed by atoms with Gasteiger partial charge in [-0.15, -0.1) is 0 Å². The first-order valence-corrected chi connectivity index (χ1v) is 7.99. The molecule has 0 aliphatic carbocycles. The van der Waals surface area contributed by atoms with Gasteiger partial charge >= 0.3 is 0 Å². The van der Waals surface area contributed by atoms with Gasteiger partial charge in [0.15, 0.2) is 5.11 Å². The predicted molar refractivity (Wildman–Crippen MR) is 99.5 cm³/mol. The molecular weight excluding hydrogens is 342 g/mol. The summed E-state index contributed by atoms with van der Waals surface area (Å²) in [6, 6.07) is 12.3. The maximum atomic E-state index is 10.7. The Morgan fingerprint density at radius 1 is 1.20 bits per heavy atom. The smallest absolute Gasteiger partial charge is 0.269 e. The van der Waals surface area contributed by atoms with Gasteiger partial charge in [-0.25, -0.2) is 0 Å². The number of benzene rings is 2. The minimum atomic E-state index is -1.08. The topological polar surface area (TPSA) is 108 Å². The number of aryl methyl sites for hydroxylation is 1. The van der Waals surface area contributed by atoms with Crippen LogP contribution in [0.3, 0.4) is 0 Å². The molecule has 0 unspecified atom stereocenters. The van der Waals surface area contributed by atoms with Crippen LogP contribution in [0.25, 0.3) is 0 Å². The second-order valence-corrected chi connectivity index (χ2v) is 5.96. The first kappa shape index (κ1) is 18.8. The number of hydrogen-bond donors (Lipinski definition) is 4. The third kappa shape index (κ3) is 5.21. The van der Waals surface area contributed by atoms with Gasteiger partial charge in [0.25, 0.3) is 5.69 Å². The Hall–Kier alpha value is -2.55. The summed E-state index contributed by atoms with van der Waals surface area (Å²) in [5, 5.41) is 36.7. The normalized spacial score (nSPS) is 12.9. The van der Waals surface area contributed by atoms with Crippen molar-refractivity contribution in [2.24, 2.45) is 0 Å². The monoisotopic (exact) mass is 361 g/mol. The molecule has 0 radical (unpaired) electrons. The second kappa shape index (κ2) is 8.52. The Morgan fingerprint density at radius 2 is 1.80 bits per heavy atom. The van der Waals surface area contributed by atoms with Gasteiger partial charge in [0.2, 0.25) is 0 Å². The third-order valence-corrected chi connectivity index (χ3v) is 3.87. The van der Waals surface area contributed by atoms with Crippen molar-refractivity contribution in [2.75, 3.05) is 11.9 Å². The van der Waals surface area contributed by atoms with Crippen molar-refractivity contribution >= 4 is 28.7 Å². The molecule has 7 nitrogen and oxygen atoms in total. The molecule has 0 fully saturated rings. The molecule has 2 rings (SSSR count). The van der Waals surface area contributed by atoms with E-state index < -0.39 is 17.1 Å². The first-order chi connectivity index (χ1) is 11.9. The van der Waals surface area contributed by atoms with Gasteiger partial charge in [0.05, 0.1) is 17.6 Å². The van der Waals surface area contributed by atoms with E-state index in [0.29, 0.717) is 5.56 Å². The number of rotatable bonds is 6. The number of aliphatic hydroxyl groups is 2. The fourth-order valence-corrected chi connectivity index (χ4v) is 2.49. The molecule has 0 aliphatic heterocycles. The third-order valence-electron chi connectivity index (χ3n) is 3.65. The van der Waals surface area contributed by atoms with Crippen LogP contribution < -0.4 is 10.6 Å². The summed E-state index contributed by atoms with van der Waals surface area (Å²) in [5.41, 5.74) is 2.27. The van der Waals surface area contributed by atoms with E-state index in [9.17, 15) is 20.3 Å². The van der Waals surface area contributed by atoms with Crippen LogP contribution in [0.4, 0.5) is 11.4 Å². The molecule has 0 bridgehead atoms. The van der Waals surface area contributed by atoms with Crippen LogP contribution in [0.1, 0.15) is 17.2 Å². The lowest BCUT2D eigenvalue weighted by Crippen LogP contribution is -2.43. The van der Waals surface area contributed by atoms with E-state index in [1.165, 1.54) is 24.3 Å². The van der Waals surface area contributed by atoms with Crippen LogP contribution in [-0.2, 0) is 0 Å². The summed E-state index contributed by atoms with van der Waals surface area (Å²) < 4.78 is 0. The van der Waals surface area contributed by atoms with E-state index >= 15 is 0 Å². The first-order valence-electron chi connectivity index (χ1n) is 7.58. The Labute approximate surface area is 150 Å². The quantitative estimate of drug-likeness (QED) is 0.355.